The quantitative estimate of drug-likeness (QED) is 0.759. The maximum atomic E-state index is 11.6. The van der Waals surface area contributed by atoms with Gasteiger partial charge < -0.3 is 9.97 Å². The lowest BCUT2D eigenvalue weighted by molar-refractivity contribution is 0.102. The molecule has 0 saturated heterocycles. The molecule has 7 heteroatoms. The molecule has 0 bridgehead atoms. The van der Waals surface area contributed by atoms with Crippen LogP contribution < -0.4 is 5.32 Å². The van der Waals surface area contributed by atoms with Crippen molar-refractivity contribution in [3.05, 3.63) is 34.3 Å². The summed E-state index contributed by atoms with van der Waals surface area (Å²) in [5.41, 5.74) is 0.279. The Labute approximate surface area is 94.8 Å². The number of imidazole rings is 1. The summed E-state index contributed by atoms with van der Waals surface area (Å²) in [6.07, 6.45) is 3.13. The van der Waals surface area contributed by atoms with Gasteiger partial charge in [0, 0.05) is 12.4 Å². The maximum Gasteiger partial charge on any atom is 0.274 e. The first kappa shape index (κ1) is 10.1. The molecule has 15 heavy (non-hydrogen) atoms. The number of hydrogen-bond donors (Lipinski definition) is 3. The normalized spacial score (nSPS) is 10.3. The second-order valence-corrected chi connectivity index (χ2v) is 3.52. The fourth-order valence-electron chi connectivity index (χ4n) is 1.03. The van der Waals surface area contributed by atoms with Gasteiger partial charge >= 0.3 is 0 Å². The molecule has 0 aromatic carbocycles. The fourth-order valence-corrected chi connectivity index (χ4v) is 1.35. The highest BCUT2D eigenvalue weighted by molar-refractivity contribution is 6.41. The van der Waals surface area contributed by atoms with E-state index in [2.05, 4.69) is 20.3 Å². The van der Waals surface area contributed by atoms with Crippen molar-refractivity contribution in [1.82, 2.24) is 15.0 Å². The molecular formula is C8H6Cl2N4O. The Kier molecular flexibility index (Phi) is 2.66. The number of halogens is 2. The highest BCUT2D eigenvalue weighted by Crippen LogP contribution is 2.22. The van der Waals surface area contributed by atoms with Crippen molar-refractivity contribution >= 4 is 35.1 Å². The standard InChI is InChI=1S/C8H6Cl2N4O/c9-4-3-5(13-6(4)10)7(15)14-8-11-1-2-12-8/h1-3,13H,(H2,11,12,14,15). The SMILES string of the molecule is O=C(Nc1ncc[nH]1)c1cc(Cl)c(Cl)[nH]1. The van der Waals surface area contributed by atoms with E-state index in [9.17, 15) is 4.79 Å². The number of hydrogen-bond acceptors (Lipinski definition) is 2. The largest absolute Gasteiger partial charge is 0.340 e. The molecular weight excluding hydrogens is 239 g/mol. The van der Waals surface area contributed by atoms with Gasteiger partial charge in [-0.25, -0.2) is 4.98 Å². The van der Waals surface area contributed by atoms with Crippen LogP contribution >= 0.6 is 23.2 Å². The first-order valence-electron chi connectivity index (χ1n) is 4.01. The van der Waals surface area contributed by atoms with Gasteiger partial charge in [0.2, 0.25) is 5.95 Å². The monoisotopic (exact) mass is 244 g/mol. The number of rotatable bonds is 2. The topological polar surface area (TPSA) is 73.6 Å². The van der Waals surface area contributed by atoms with Crippen LogP contribution in [0.2, 0.25) is 10.2 Å². The van der Waals surface area contributed by atoms with Crippen LogP contribution in [0.15, 0.2) is 18.5 Å². The number of carbonyl (C=O) groups is 1. The molecule has 0 aliphatic carbocycles. The lowest BCUT2D eigenvalue weighted by Crippen LogP contribution is -2.13. The van der Waals surface area contributed by atoms with Crippen LogP contribution in [0.5, 0.6) is 0 Å². The van der Waals surface area contributed by atoms with Crippen LogP contribution in [0.25, 0.3) is 0 Å². The number of nitrogens with zero attached hydrogens (tertiary/aromatic N) is 1. The average Bonchev–Trinajstić information content (AvgIpc) is 2.78. The summed E-state index contributed by atoms with van der Waals surface area (Å²) in [5, 5.41) is 3.07. The van der Waals surface area contributed by atoms with Crippen molar-refractivity contribution < 1.29 is 4.79 Å². The zero-order valence-electron chi connectivity index (χ0n) is 7.34. The summed E-state index contributed by atoms with van der Waals surface area (Å²) in [6.45, 7) is 0. The maximum absolute atomic E-state index is 11.6. The van der Waals surface area contributed by atoms with Crippen LogP contribution in [0.3, 0.4) is 0 Å². The number of amides is 1. The Bertz CT molecular complexity index is 457. The van der Waals surface area contributed by atoms with Crippen LogP contribution in [-0.4, -0.2) is 20.9 Å². The van der Waals surface area contributed by atoms with Crippen LogP contribution in [-0.2, 0) is 0 Å². The molecule has 0 spiro atoms. The van der Waals surface area contributed by atoms with Crippen LogP contribution in [0.4, 0.5) is 5.95 Å². The minimum absolute atomic E-state index is 0.237. The zero-order chi connectivity index (χ0) is 10.8. The van der Waals surface area contributed by atoms with Gasteiger partial charge in [0.15, 0.2) is 0 Å². The van der Waals surface area contributed by atoms with E-state index < -0.39 is 0 Å². The third-order valence-corrected chi connectivity index (χ3v) is 2.39. The number of H-pyrrole nitrogens is 2. The first-order chi connectivity index (χ1) is 7.16. The minimum Gasteiger partial charge on any atom is -0.340 e. The zero-order valence-corrected chi connectivity index (χ0v) is 8.86. The molecule has 5 nitrogen and oxygen atoms in total. The number of carbonyl (C=O) groups excluding carboxylic acids is 1. The lowest BCUT2D eigenvalue weighted by atomic mass is 10.4. The van der Waals surface area contributed by atoms with Crippen molar-refractivity contribution in [2.24, 2.45) is 0 Å². The molecule has 2 rings (SSSR count). The highest BCUT2D eigenvalue weighted by atomic mass is 35.5. The predicted molar refractivity (Wildman–Crippen MR) is 57.4 cm³/mol. The summed E-state index contributed by atoms with van der Waals surface area (Å²) in [7, 11) is 0. The second kappa shape index (κ2) is 3.96. The number of anilines is 1. The van der Waals surface area contributed by atoms with Crippen molar-refractivity contribution in [3.63, 3.8) is 0 Å². The van der Waals surface area contributed by atoms with E-state index in [-0.39, 0.29) is 16.8 Å². The van der Waals surface area contributed by atoms with Gasteiger partial charge in [0.05, 0.1) is 5.02 Å². The molecule has 78 valence electrons. The highest BCUT2D eigenvalue weighted by Gasteiger charge is 2.12. The number of aromatic nitrogens is 3. The molecule has 0 atom stereocenters. The fraction of sp³-hybridized carbons (Fsp3) is 0. The minimum atomic E-state index is -0.362. The third kappa shape index (κ3) is 2.14. The molecule has 0 unspecified atom stereocenters. The Hall–Kier alpha value is -1.46. The van der Waals surface area contributed by atoms with E-state index in [1.807, 2.05) is 0 Å². The molecule has 2 aromatic rings. The Balaban J connectivity index is 2.15. The molecule has 0 saturated carbocycles. The van der Waals surface area contributed by atoms with E-state index >= 15 is 0 Å². The van der Waals surface area contributed by atoms with Gasteiger partial charge in [-0.15, -0.1) is 0 Å². The van der Waals surface area contributed by atoms with E-state index in [4.69, 9.17) is 23.2 Å². The van der Waals surface area contributed by atoms with E-state index in [1.165, 1.54) is 12.3 Å². The van der Waals surface area contributed by atoms with Crippen molar-refractivity contribution in [2.75, 3.05) is 5.32 Å². The van der Waals surface area contributed by atoms with Gasteiger partial charge in [-0.2, -0.15) is 0 Å². The third-order valence-electron chi connectivity index (χ3n) is 1.70. The molecule has 1 amide bonds. The van der Waals surface area contributed by atoms with Gasteiger partial charge in [0.25, 0.3) is 5.91 Å². The molecule has 2 aromatic heterocycles. The molecule has 0 radical (unpaired) electrons. The summed E-state index contributed by atoms with van der Waals surface area (Å²) in [4.78, 5) is 20.8. The molecule has 2 heterocycles. The van der Waals surface area contributed by atoms with E-state index in [1.54, 1.807) is 6.20 Å². The van der Waals surface area contributed by atoms with Crippen molar-refractivity contribution in [2.45, 2.75) is 0 Å². The van der Waals surface area contributed by atoms with Gasteiger partial charge in [0.1, 0.15) is 10.8 Å². The van der Waals surface area contributed by atoms with E-state index in [0.29, 0.717) is 11.0 Å². The number of aromatic amines is 2. The summed E-state index contributed by atoms with van der Waals surface area (Å²) in [5.74, 6) is 0.000551. The molecule has 0 aliphatic rings. The van der Waals surface area contributed by atoms with Gasteiger partial charge in [-0.05, 0) is 6.07 Å². The summed E-state index contributed by atoms with van der Waals surface area (Å²) >= 11 is 11.4. The first-order valence-corrected chi connectivity index (χ1v) is 4.77. The second-order valence-electron chi connectivity index (χ2n) is 2.74. The Morgan fingerprint density at radius 3 is 2.80 bits per heavy atom. The van der Waals surface area contributed by atoms with Crippen molar-refractivity contribution in [3.8, 4) is 0 Å². The van der Waals surface area contributed by atoms with Crippen LogP contribution in [0, 0.1) is 0 Å². The predicted octanol–water partition coefficient (Wildman–Crippen LogP) is 2.30. The average molecular weight is 245 g/mol. The van der Waals surface area contributed by atoms with Gasteiger partial charge in [-0.1, -0.05) is 23.2 Å². The van der Waals surface area contributed by atoms with Gasteiger partial charge in [-0.3, -0.25) is 10.1 Å². The lowest BCUT2D eigenvalue weighted by Gasteiger charge is -1.97. The number of nitrogens with one attached hydrogen (secondary N) is 3. The molecule has 0 fully saturated rings. The van der Waals surface area contributed by atoms with Crippen LogP contribution in [0.1, 0.15) is 10.5 Å². The molecule has 3 N–H and O–H groups in total. The summed E-state index contributed by atoms with van der Waals surface area (Å²) < 4.78 is 0. The Morgan fingerprint density at radius 1 is 1.47 bits per heavy atom. The van der Waals surface area contributed by atoms with Crippen molar-refractivity contribution in [1.29, 1.82) is 0 Å². The van der Waals surface area contributed by atoms with E-state index in [0.717, 1.165) is 0 Å². The summed E-state index contributed by atoms with van der Waals surface area (Å²) in [6, 6.07) is 1.45. The Morgan fingerprint density at radius 2 is 2.27 bits per heavy atom. The smallest absolute Gasteiger partial charge is 0.274 e. The molecule has 0 aliphatic heterocycles.